The van der Waals surface area contributed by atoms with Crippen molar-refractivity contribution < 1.29 is 9.90 Å². The number of carboxylic acid groups (broad SMARTS) is 1. The maximum atomic E-state index is 11.3. The van der Waals surface area contributed by atoms with E-state index in [2.05, 4.69) is 24.8 Å². The summed E-state index contributed by atoms with van der Waals surface area (Å²) in [6, 6.07) is 6.15. The number of aliphatic carboxylic acids is 1. The number of fused-ring (bicyclic) bond motifs is 1. The number of benzene rings is 1. The van der Waals surface area contributed by atoms with Crippen LogP contribution in [0.1, 0.15) is 37.3 Å². The van der Waals surface area contributed by atoms with Gasteiger partial charge in [0.1, 0.15) is 0 Å². The van der Waals surface area contributed by atoms with Gasteiger partial charge in [-0.05, 0) is 43.9 Å². The Morgan fingerprint density at radius 3 is 2.71 bits per heavy atom. The van der Waals surface area contributed by atoms with Crippen molar-refractivity contribution in [2.24, 2.45) is 0 Å². The summed E-state index contributed by atoms with van der Waals surface area (Å²) in [7, 11) is 0. The summed E-state index contributed by atoms with van der Waals surface area (Å²) in [5.74, 6) is -1.01. The lowest BCUT2D eigenvalue weighted by atomic mass is 9.98. The van der Waals surface area contributed by atoms with Gasteiger partial charge in [0, 0.05) is 18.8 Å². The minimum Gasteiger partial charge on any atom is -0.481 e. The van der Waals surface area contributed by atoms with Gasteiger partial charge in [-0.1, -0.05) is 12.1 Å². The second-order valence-corrected chi connectivity index (χ2v) is 4.45. The van der Waals surface area contributed by atoms with Gasteiger partial charge in [0.2, 0.25) is 0 Å². The first kappa shape index (κ1) is 12.0. The Morgan fingerprint density at radius 1 is 1.41 bits per heavy atom. The molecule has 0 amide bonds. The molecule has 3 heteroatoms. The number of anilines is 1. The highest BCUT2D eigenvalue weighted by Gasteiger charge is 2.31. The molecule has 1 atom stereocenters. The molecule has 0 fully saturated rings. The molecule has 3 nitrogen and oxygen atoms in total. The number of carboxylic acids is 1. The number of aryl methyl sites for hydroxylation is 1. The third-order valence-electron chi connectivity index (χ3n) is 3.63. The van der Waals surface area contributed by atoms with Crippen LogP contribution in [0, 0.1) is 0 Å². The average molecular weight is 233 g/mol. The molecule has 1 N–H and O–H groups in total. The normalized spacial score (nSPS) is 17.9. The van der Waals surface area contributed by atoms with Crippen molar-refractivity contribution in [3.8, 4) is 0 Å². The Labute approximate surface area is 102 Å². The Morgan fingerprint density at radius 2 is 2.12 bits per heavy atom. The van der Waals surface area contributed by atoms with E-state index in [0.717, 1.165) is 37.2 Å². The smallest absolute Gasteiger partial charge is 0.311 e. The Hall–Kier alpha value is -1.51. The van der Waals surface area contributed by atoms with E-state index in [1.54, 1.807) is 0 Å². The van der Waals surface area contributed by atoms with Crippen LogP contribution >= 0.6 is 0 Å². The molecule has 0 bridgehead atoms. The highest BCUT2D eigenvalue weighted by atomic mass is 16.4. The van der Waals surface area contributed by atoms with Gasteiger partial charge in [-0.2, -0.15) is 0 Å². The van der Waals surface area contributed by atoms with Crippen molar-refractivity contribution >= 4 is 11.7 Å². The SMILES string of the molecule is CCN(CC)c1cccc2c1C(C(=O)O)CC2. The summed E-state index contributed by atoms with van der Waals surface area (Å²) in [6.07, 6.45) is 1.63. The fourth-order valence-electron chi connectivity index (χ4n) is 2.75. The predicted molar refractivity (Wildman–Crippen MR) is 68.7 cm³/mol. The van der Waals surface area contributed by atoms with E-state index in [9.17, 15) is 9.90 Å². The quantitative estimate of drug-likeness (QED) is 0.869. The fourth-order valence-corrected chi connectivity index (χ4v) is 2.75. The van der Waals surface area contributed by atoms with Crippen LogP contribution in [0.2, 0.25) is 0 Å². The number of nitrogens with zero attached hydrogens (tertiary/aromatic N) is 1. The Bertz CT molecular complexity index is 424. The first-order valence-electron chi connectivity index (χ1n) is 6.28. The highest BCUT2D eigenvalue weighted by Crippen LogP contribution is 2.39. The van der Waals surface area contributed by atoms with E-state index in [-0.39, 0.29) is 5.92 Å². The van der Waals surface area contributed by atoms with Crippen LogP contribution in [0.15, 0.2) is 18.2 Å². The molecule has 0 heterocycles. The topological polar surface area (TPSA) is 40.5 Å². The molecule has 1 aliphatic rings. The number of rotatable bonds is 4. The van der Waals surface area contributed by atoms with Gasteiger partial charge in [-0.25, -0.2) is 0 Å². The molecule has 1 aromatic rings. The summed E-state index contributed by atoms with van der Waals surface area (Å²) in [4.78, 5) is 13.5. The van der Waals surface area contributed by atoms with Crippen LogP contribution in [-0.2, 0) is 11.2 Å². The maximum Gasteiger partial charge on any atom is 0.311 e. The van der Waals surface area contributed by atoms with Gasteiger partial charge in [0.05, 0.1) is 5.92 Å². The lowest BCUT2D eigenvalue weighted by Crippen LogP contribution is -2.24. The molecular formula is C14H19NO2. The average Bonchev–Trinajstić information content (AvgIpc) is 2.75. The summed E-state index contributed by atoms with van der Waals surface area (Å²) in [6.45, 7) is 6.04. The van der Waals surface area contributed by atoms with Crippen LogP contribution in [0.3, 0.4) is 0 Å². The molecule has 0 saturated carbocycles. The molecule has 1 aliphatic carbocycles. The fraction of sp³-hybridized carbons (Fsp3) is 0.500. The maximum absolute atomic E-state index is 11.3. The third-order valence-corrected chi connectivity index (χ3v) is 3.63. The zero-order valence-electron chi connectivity index (χ0n) is 10.4. The Kier molecular flexibility index (Phi) is 3.36. The number of carbonyl (C=O) groups is 1. The first-order chi connectivity index (χ1) is 8.19. The molecule has 92 valence electrons. The first-order valence-corrected chi connectivity index (χ1v) is 6.28. The minimum atomic E-state index is -0.691. The van der Waals surface area contributed by atoms with Gasteiger partial charge in [0.15, 0.2) is 0 Å². The van der Waals surface area contributed by atoms with Crippen molar-refractivity contribution in [3.05, 3.63) is 29.3 Å². The van der Waals surface area contributed by atoms with E-state index in [1.807, 2.05) is 12.1 Å². The summed E-state index contributed by atoms with van der Waals surface area (Å²) in [5.41, 5.74) is 3.36. The van der Waals surface area contributed by atoms with Gasteiger partial charge in [0.25, 0.3) is 0 Å². The zero-order chi connectivity index (χ0) is 12.4. The van der Waals surface area contributed by atoms with Crippen molar-refractivity contribution in [2.75, 3.05) is 18.0 Å². The van der Waals surface area contributed by atoms with Crippen LogP contribution in [-0.4, -0.2) is 24.2 Å². The van der Waals surface area contributed by atoms with Gasteiger partial charge < -0.3 is 10.0 Å². The van der Waals surface area contributed by atoms with Crippen LogP contribution in [0.5, 0.6) is 0 Å². The van der Waals surface area contributed by atoms with Crippen molar-refractivity contribution in [1.29, 1.82) is 0 Å². The lowest BCUT2D eigenvalue weighted by Gasteiger charge is -2.25. The zero-order valence-corrected chi connectivity index (χ0v) is 10.4. The van der Waals surface area contributed by atoms with Crippen LogP contribution in [0.25, 0.3) is 0 Å². The molecule has 0 aliphatic heterocycles. The summed E-state index contributed by atoms with van der Waals surface area (Å²) >= 11 is 0. The van der Waals surface area contributed by atoms with E-state index in [0.29, 0.717) is 0 Å². The Balaban J connectivity index is 2.48. The lowest BCUT2D eigenvalue weighted by molar-refractivity contribution is -0.138. The minimum absolute atomic E-state index is 0.318. The van der Waals surface area contributed by atoms with E-state index >= 15 is 0 Å². The highest BCUT2D eigenvalue weighted by molar-refractivity contribution is 5.81. The molecule has 0 aromatic heterocycles. The molecule has 1 aromatic carbocycles. The van der Waals surface area contributed by atoms with E-state index in [1.165, 1.54) is 5.56 Å². The molecule has 2 rings (SSSR count). The van der Waals surface area contributed by atoms with Crippen molar-refractivity contribution in [1.82, 2.24) is 0 Å². The third kappa shape index (κ3) is 2.02. The molecule has 1 unspecified atom stereocenters. The number of hydrogen-bond acceptors (Lipinski definition) is 2. The van der Waals surface area contributed by atoms with Gasteiger partial charge in [-0.3, -0.25) is 4.79 Å². The summed E-state index contributed by atoms with van der Waals surface area (Å²) in [5, 5.41) is 9.29. The second kappa shape index (κ2) is 4.78. The van der Waals surface area contributed by atoms with E-state index < -0.39 is 5.97 Å². The summed E-state index contributed by atoms with van der Waals surface area (Å²) < 4.78 is 0. The van der Waals surface area contributed by atoms with Crippen LogP contribution < -0.4 is 4.90 Å². The van der Waals surface area contributed by atoms with E-state index in [4.69, 9.17) is 0 Å². The van der Waals surface area contributed by atoms with Crippen molar-refractivity contribution in [3.63, 3.8) is 0 Å². The number of hydrogen-bond donors (Lipinski definition) is 1. The largest absolute Gasteiger partial charge is 0.481 e. The van der Waals surface area contributed by atoms with Gasteiger partial charge in [-0.15, -0.1) is 0 Å². The molecular weight excluding hydrogens is 214 g/mol. The second-order valence-electron chi connectivity index (χ2n) is 4.45. The predicted octanol–water partition coefficient (Wildman–Crippen LogP) is 2.65. The molecule has 0 radical (unpaired) electrons. The van der Waals surface area contributed by atoms with Crippen molar-refractivity contribution in [2.45, 2.75) is 32.6 Å². The molecule has 0 saturated heterocycles. The van der Waals surface area contributed by atoms with Crippen LogP contribution in [0.4, 0.5) is 5.69 Å². The molecule has 0 spiro atoms. The standard InChI is InChI=1S/C14H19NO2/c1-3-15(4-2)12-7-5-6-10-8-9-11(13(10)12)14(16)17/h5-7,11H,3-4,8-9H2,1-2H3,(H,16,17). The van der Waals surface area contributed by atoms with Gasteiger partial charge >= 0.3 is 5.97 Å². The molecule has 17 heavy (non-hydrogen) atoms. The monoisotopic (exact) mass is 233 g/mol.